The number of carbonyl (C=O) groups excluding carboxylic acids is 2. The minimum Gasteiger partial charge on any atom is -0.494 e. The highest BCUT2D eigenvalue weighted by Crippen LogP contribution is 2.21. The zero-order chi connectivity index (χ0) is 26.7. The second-order valence-electron chi connectivity index (χ2n) is 10.5. The molecule has 0 aromatic heterocycles. The predicted octanol–water partition coefficient (Wildman–Crippen LogP) is 6.16. The van der Waals surface area contributed by atoms with Crippen molar-refractivity contribution >= 4 is 11.8 Å². The van der Waals surface area contributed by atoms with E-state index in [0.717, 1.165) is 48.1 Å². The van der Waals surface area contributed by atoms with Gasteiger partial charge in [-0.05, 0) is 56.4 Å². The van der Waals surface area contributed by atoms with Crippen LogP contribution in [0.3, 0.4) is 0 Å². The van der Waals surface area contributed by atoms with Crippen molar-refractivity contribution in [1.29, 1.82) is 0 Å². The summed E-state index contributed by atoms with van der Waals surface area (Å²) in [5, 5.41) is 3.27. The number of aryl methyl sites for hydroxylation is 2. The molecule has 1 N–H and O–H groups in total. The summed E-state index contributed by atoms with van der Waals surface area (Å²) in [6.45, 7) is 4.94. The Hall–Kier alpha value is -3.60. The third kappa shape index (κ3) is 8.20. The second kappa shape index (κ2) is 13.8. The number of carbonyl (C=O) groups is 2. The van der Waals surface area contributed by atoms with Gasteiger partial charge in [-0.25, -0.2) is 0 Å². The van der Waals surface area contributed by atoms with E-state index in [4.69, 9.17) is 4.74 Å². The Labute approximate surface area is 227 Å². The first-order chi connectivity index (χ1) is 18.5. The summed E-state index contributed by atoms with van der Waals surface area (Å²) < 4.78 is 5.87. The third-order valence-corrected chi connectivity index (χ3v) is 7.23. The molecule has 0 saturated heterocycles. The van der Waals surface area contributed by atoms with Crippen LogP contribution in [-0.4, -0.2) is 35.4 Å². The fourth-order valence-corrected chi connectivity index (χ4v) is 5.12. The van der Waals surface area contributed by atoms with E-state index in [1.807, 2.05) is 86.6 Å². The number of hydrogen-bond acceptors (Lipinski definition) is 3. The van der Waals surface area contributed by atoms with Gasteiger partial charge in [-0.1, -0.05) is 90.7 Å². The average molecular weight is 513 g/mol. The predicted molar refractivity (Wildman–Crippen MR) is 152 cm³/mol. The number of hydrogen-bond donors (Lipinski definition) is 1. The highest BCUT2D eigenvalue weighted by Gasteiger charge is 2.32. The molecule has 0 radical (unpaired) electrons. The van der Waals surface area contributed by atoms with Gasteiger partial charge >= 0.3 is 0 Å². The molecule has 0 unspecified atom stereocenters. The molecule has 1 aliphatic carbocycles. The first-order valence-electron chi connectivity index (χ1n) is 13.9. The lowest BCUT2D eigenvalue weighted by Gasteiger charge is -2.32. The molecule has 0 heterocycles. The quantitative estimate of drug-likeness (QED) is 0.296. The molecule has 1 atom stereocenters. The van der Waals surface area contributed by atoms with E-state index in [2.05, 4.69) is 11.4 Å². The zero-order valence-corrected chi connectivity index (χ0v) is 22.7. The van der Waals surface area contributed by atoms with Gasteiger partial charge in [0.25, 0.3) is 0 Å². The van der Waals surface area contributed by atoms with Crippen LogP contribution in [0.5, 0.6) is 5.75 Å². The maximum atomic E-state index is 13.8. The Morgan fingerprint density at radius 1 is 0.895 bits per heavy atom. The summed E-state index contributed by atoms with van der Waals surface area (Å²) in [4.78, 5) is 29.3. The lowest BCUT2D eigenvalue weighted by Crippen LogP contribution is -2.52. The van der Waals surface area contributed by atoms with Gasteiger partial charge in [-0.15, -0.1) is 0 Å². The number of ether oxygens (including phenoxy) is 1. The zero-order valence-electron chi connectivity index (χ0n) is 22.7. The number of nitrogens with one attached hydrogen (secondary N) is 1. The number of rotatable bonds is 12. The van der Waals surface area contributed by atoms with Crippen molar-refractivity contribution in [2.75, 3.05) is 6.61 Å². The third-order valence-electron chi connectivity index (χ3n) is 7.23. The lowest BCUT2D eigenvalue weighted by atomic mass is 10.0. The summed E-state index contributed by atoms with van der Waals surface area (Å²) in [7, 11) is 0. The van der Waals surface area contributed by atoms with Gasteiger partial charge in [-0.2, -0.15) is 0 Å². The first kappa shape index (κ1) is 27.4. The van der Waals surface area contributed by atoms with Crippen molar-refractivity contribution in [2.24, 2.45) is 0 Å². The minimum atomic E-state index is -0.580. The Morgan fingerprint density at radius 3 is 2.32 bits per heavy atom. The molecule has 0 bridgehead atoms. The van der Waals surface area contributed by atoms with Gasteiger partial charge < -0.3 is 15.0 Å². The Balaban J connectivity index is 1.51. The smallest absolute Gasteiger partial charge is 0.243 e. The minimum absolute atomic E-state index is 0.0264. The molecular weight excluding hydrogens is 472 g/mol. The van der Waals surface area contributed by atoms with E-state index >= 15 is 0 Å². The Kier molecular flexibility index (Phi) is 9.97. The van der Waals surface area contributed by atoms with Crippen molar-refractivity contribution in [2.45, 2.75) is 77.4 Å². The molecule has 4 rings (SSSR count). The molecule has 0 aliphatic heterocycles. The molecule has 1 fully saturated rings. The summed E-state index contributed by atoms with van der Waals surface area (Å²) in [6.07, 6.45) is 5.68. The Bertz CT molecular complexity index is 1170. The highest BCUT2D eigenvalue weighted by atomic mass is 16.5. The van der Waals surface area contributed by atoms with Crippen molar-refractivity contribution in [3.8, 4) is 5.75 Å². The molecule has 5 heteroatoms. The lowest BCUT2D eigenvalue weighted by molar-refractivity contribution is -0.141. The first-order valence-corrected chi connectivity index (χ1v) is 13.9. The van der Waals surface area contributed by atoms with Crippen LogP contribution in [0, 0.1) is 13.8 Å². The molecule has 0 spiro atoms. The summed E-state index contributed by atoms with van der Waals surface area (Å²) in [5.74, 6) is 0.719. The summed E-state index contributed by atoms with van der Waals surface area (Å²) >= 11 is 0. The highest BCUT2D eigenvalue weighted by molar-refractivity contribution is 5.88. The van der Waals surface area contributed by atoms with E-state index in [1.54, 1.807) is 4.90 Å². The van der Waals surface area contributed by atoms with Crippen molar-refractivity contribution in [3.05, 3.63) is 101 Å². The molecule has 2 amide bonds. The summed E-state index contributed by atoms with van der Waals surface area (Å²) in [5.41, 5.74) is 4.39. The van der Waals surface area contributed by atoms with E-state index in [0.29, 0.717) is 32.4 Å². The fraction of sp³-hybridized carbons (Fsp3) is 0.394. The van der Waals surface area contributed by atoms with E-state index < -0.39 is 6.04 Å². The van der Waals surface area contributed by atoms with Gasteiger partial charge in [0.2, 0.25) is 11.8 Å². The molecule has 1 aliphatic rings. The van der Waals surface area contributed by atoms with Crippen LogP contribution < -0.4 is 10.1 Å². The van der Waals surface area contributed by atoms with Crippen molar-refractivity contribution < 1.29 is 14.3 Å². The molecular formula is C33H40N2O3. The number of benzene rings is 3. The largest absolute Gasteiger partial charge is 0.494 e. The topological polar surface area (TPSA) is 58.6 Å². The molecule has 1 saturated carbocycles. The number of amides is 2. The van der Waals surface area contributed by atoms with Crippen LogP contribution in [0.4, 0.5) is 0 Å². The average Bonchev–Trinajstić information content (AvgIpc) is 3.43. The van der Waals surface area contributed by atoms with E-state index in [-0.39, 0.29) is 17.9 Å². The fourth-order valence-electron chi connectivity index (χ4n) is 5.12. The van der Waals surface area contributed by atoms with Gasteiger partial charge in [0.15, 0.2) is 0 Å². The van der Waals surface area contributed by atoms with Crippen molar-refractivity contribution in [3.63, 3.8) is 0 Å². The van der Waals surface area contributed by atoms with Crippen LogP contribution in [0.1, 0.15) is 60.8 Å². The van der Waals surface area contributed by atoms with E-state index in [1.165, 1.54) is 5.56 Å². The van der Waals surface area contributed by atoms with Gasteiger partial charge in [0.05, 0.1) is 6.61 Å². The van der Waals surface area contributed by atoms with Crippen LogP contribution in [0.25, 0.3) is 0 Å². The Morgan fingerprint density at radius 2 is 1.61 bits per heavy atom. The molecule has 38 heavy (non-hydrogen) atoms. The maximum absolute atomic E-state index is 13.8. The van der Waals surface area contributed by atoms with Crippen LogP contribution >= 0.6 is 0 Å². The van der Waals surface area contributed by atoms with Crippen LogP contribution in [-0.2, 0) is 22.6 Å². The standard InChI is InChI=1S/C33H40N2O3/c1-25-17-19-30(20-18-25)38-21-9-16-32(36)35(24-28-13-8-10-26(2)22-28)31(23-27-11-4-3-5-12-27)33(37)34-29-14-6-7-15-29/h3-5,8,10-13,17-20,22,29,31H,6-7,9,14-16,21,23-24H2,1-2H3,(H,34,37)/t31-/m0/s1. The van der Waals surface area contributed by atoms with E-state index in [9.17, 15) is 9.59 Å². The van der Waals surface area contributed by atoms with Gasteiger partial charge in [0, 0.05) is 25.4 Å². The monoisotopic (exact) mass is 512 g/mol. The molecule has 200 valence electrons. The normalized spacial score (nSPS) is 14.2. The van der Waals surface area contributed by atoms with Crippen molar-refractivity contribution in [1.82, 2.24) is 10.2 Å². The SMILES string of the molecule is Cc1ccc(OCCCC(=O)N(Cc2cccc(C)c2)[C@@H](Cc2ccccc2)C(=O)NC2CCCC2)cc1. The molecule has 3 aromatic rings. The van der Waals surface area contributed by atoms with Gasteiger partial charge in [0.1, 0.15) is 11.8 Å². The molecule has 5 nitrogen and oxygen atoms in total. The maximum Gasteiger partial charge on any atom is 0.243 e. The van der Waals surface area contributed by atoms with Crippen LogP contribution in [0.2, 0.25) is 0 Å². The van der Waals surface area contributed by atoms with Gasteiger partial charge in [-0.3, -0.25) is 9.59 Å². The molecule has 3 aromatic carbocycles. The number of nitrogens with zero attached hydrogens (tertiary/aromatic N) is 1. The van der Waals surface area contributed by atoms with Crippen LogP contribution in [0.15, 0.2) is 78.9 Å². The summed E-state index contributed by atoms with van der Waals surface area (Å²) in [6, 6.07) is 25.7. The second-order valence-corrected chi connectivity index (χ2v) is 10.5.